The molecule has 0 radical (unpaired) electrons. The van der Waals surface area contributed by atoms with E-state index in [1.54, 1.807) is 6.07 Å². The number of halogens is 2. The van der Waals surface area contributed by atoms with E-state index in [0.717, 1.165) is 5.56 Å². The summed E-state index contributed by atoms with van der Waals surface area (Å²) in [5, 5.41) is 10.9. The van der Waals surface area contributed by atoms with E-state index in [2.05, 4.69) is 0 Å². The number of Topliss-reactive ketones (excluding diaryl/α,β-unsaturated/α-hetero) is 1. The summed E-state index contributed by atoms with van der Waals surface area (Å²) in [6.07, 6.45) is 0.923. The van der Waals surface area contributed by atoms with Crippen LogP contribution in [0.1, 0.15) is 24.0 Å². The number of ketones is 1. The number of aliphatic hydroxyl groups is 1. The Morgan fingerprint density at radius 1 is 1.15 bits per heavy atom. The van der Waals surface area contributed by atoms with Crippen molar-refractivity contribution in [2.45, 2.75) is 31.3 Å². The maximum absolute atomic E-state index is 13.4. The number of likely N-dealkylation sites (tertiary alicyclic amines) is 1. The van der Waals surface area contributed by atoms with Gasteiger partial charge in [-0.15, -0.1) is 0 Å². The topological polar surface area (TPSA) is 57.6 Å². The predicted molar refractivity (Wildman–Crippen MR) is 101 cm³/mol. The average Bonchev–Trinajstić information content (AvgIpc) is 2.94. The fraction of sp³-hybridized carbons (Fsp3) is 0.333. The molecule has 0 unspecified atom stereocenters. The number of hydrogen-bond acceptors (Lipinski definition) is 3. The van der Waals surface area contributed by atoms with Crippen LogP contribution in [0.25, 0.3) is 0 Å². The highest BCUT2D eigenvalue weighted by Gasteiger charge is 2.50. The molecule has 1 aliphatic heterocycles. The lowest BCUT2D eigenvalue weighted by atomic mass is 9.92. The number of amides is 1. The van der Waals surface area contributed by atoms with Gasteiger partial charge in [-0.05, 0) is 42.2 Å². The van der Waals surface area contributed by atoms with Crippen LogP contribution in [0.2, 0.25) is 5.02 Å². The number of aryl methyl sites for hydroxylation is 1. The van der Waals surface area contributed by atoms with Gasteiger partial charge in [0.25, 0.3) is 5.91 Å². The van der Waals surface area contributed by atoms with Crippen LogP contribution in [0.4, 0.5) is 4.39 Å². The molecule has 0 aliphatic carbocycles. The van der Waals surface area contributed by atoms with Gasteiger partial charge >= 0.3 is 0 Å². The van der Waals surface area contributed by atoms with Gasteiger partial charge in [0.05, 0.1) is 0 Å². The minimum atomic E-state index is -1.98. The molecule has 2 aromatic rings. The van der Waals surface area contributed by atoms with E-state index >= 15 is 0 Å². The lowest BCUT2D eigenvalue weighted by Gasteiger charge is -2.21. The molecule has 1 aliphatic rings. The largest absolute Gasteiger partial charge is 0.373 e. The smallest absolute Gasteiger partial charge is 0.262 e. The van der Waals surface area contributed by atoms with Crippen LogP contribution >= 0.6 is 11.6 Å². The van der Waals surface area contributed by atoms with Crippen molar-refractivity contribution in [2.24, 2.45) is 0 Å². The van der Waals surface area contributed by atoms with Crippen LogP contribution in [0.3, 0.4) is 0 Å². The molecule has 1 N–H and O–H groups in total. The van der Waals surface area contributed by atoms with E-state index in [9.17, 15) is 19.1 Å². The molecule has 142 valence electrons. The van der Waals surface area contributed by atoms with Gasteiger partial charge in [0.2, 0.25) is 5.60 Å². The monoisotopic (exact) mass is 389 g/mol. The van der Waals surface area contributed by atoms with E-state index < -0.39 is 23.1 Å². The number of nitrogens with zero attached hydrogens (tertiary/aromatic N) is 1. The molecule has 0 aromatic heterocycles. The molecule has 27 heavy (non-hydrogen) atoms. The van der Waals surface area contributed by atoms with Crippen molar-refractivity contribution in [1.82, 2.24) is 4.90 Å². The number of hydrogen-bond donors (Lipinski definition) is 1. The Bertz CT molecular complexity index is 822. The molecule has 0 bridgehead atoms. The van der Waals surface area contributed by atoms with Crippen LogP contribution in [0, 0.1) is 5.82 Å². The summed E-state index contributed by atoms with van der Waals surface area (Å²) in [4.78, 5) is 26.6. The fourth-order valence-electron chi connectivity index (χ4n) is 3.37. The van der Waals surface area contributed by atoms with Crippen molar-refractivity contribution in [1.29, 1.82) is 0 Å². The highest BCUT2D eigenvalue weighted by molar-refractivity contribution is 6.30. The Morgan fingerprint density at radius 3 is 2.59 bits per heavy atom. The predicted octanol–water partition coefficient (Wildman–Crippen LogP) is 3.19. The third kappa shape index (κ3) is 4.54. The fourth-order valence-corrected chi connectivity index (χ4v) is 3.61. The minimum absolute atomic E-state index is 0.0471. The minimum Gasteiger partial charge on any atom is -0.373 e. The van der Waals surface area contributed by atoms with Gasteiger partial charge in [0, 0.05) is 31.0 Å². The lowest BCUT2D eigenvalue weighted by molar-refractivity contribution is -0.153. The van der Waals surface area contributed by atoms with E-state index in [1.165, 1.54) is 17.0 Å². The molecule has 1 heterocycles. The molecule has 3 rings (SSSR count). The first-order valence-corrected chi connectivity index (χ1v) is 9.30. The Balaban J connectivity index is 1.58. The van der Waals surface area contributed by atoms with Crippen molar-refractivity contribution in [3.8, 4) is 0 Å². The summed E-state index contributed by atoms with van der Waals surface area (Å²) in [7, 11) is 0. The van der Waals surface area contributed by atoms with E-state index in [-0.39, 0.29) is 24.3 Å². The third-order valence-electron chi connectivity index (χ3n) is 4.92. The first-order chi connectivity index (χ1) is 12.9. The molecular formula is C21H21ClFNO3. The highest BCUT2D eigenvalue weighted by Crippen LogP contribution is 2.26. The second-order valence-corrected chi connectivity index (χ2v) is 7.28. The van der Waals surface area contributed by atoms with E-state index in [1.807, 2.05) is 30.3 Å². The van der Waals surface area contributed by atoms with Gasteiger partial charge in [-0.1, -0.05) is 41.9 Å². The standard InChI is InChI=1S/C21H21ClFNO3/c22-17-12-16(13-18(23)14-17)6-7-19(25)21(27)9-11-24(20(21)26)10-8-15-4-2-1-3-5-15/h1-5,12-14,27H,6-11H2/t21-/m1/s1. The highest BCUT2D eigenvalue weighted by atomic mass is 35.5. The number of carbonyl (C=O) groups excluding carboxylic acids is 2. The summed E-state index contributed by atoms with van der Waals surface area (Å²) >= 11 is 5.81. The molecule has 1 saturated heterocycles. The maximum atomic E-state index is 13.4. The first kappa shape index (κ1) is 19.5. The normalized spacial score (nSPS) is 19.5. The molecule has 1 fully saturated rings. The third-order valence-corrected chi connectivity index (χ3v) is 5.14. The van der Waals surface area contributed by atoms with E-state index in [0.29, 0.717) is 25.1 Å². The Morgan fingerprint density at radius 2 is 1.89 bits per heavy atom. The molecule has 0 saturated carbocycles. The first-order valence-electron chi connectivity index (χ1n) is 8.92. The lowest BCUT2D eigenvalue weighted by Crippen LogP contribution is -2.47. The van der Waals surface area contributed by atoms with Crippen molar-refractivity contribution >= 4 is 23.3 Å². The molecule has 4 nitrogen and oxygen atoms in total. The number of carbonyl (C=O) groups is 2. The van der Waals surface area contributed by atoms with Crippen molar-refractivity contribution in [3.05, 3.63) is 70.5 Å². The van der Waals surface area contributed by atoms with Crippen molar-refractivity contribution in [3.63, 3.8) is 0 Å². The van der Waals surface area contributed by atoms with Crippen molar-refractivity contribution in [2.75, 3.05) is 13.1 Å². The van der Waals surface area contributed by atoms with Gasteiger partial charge in [-0.25, -0.2) is 4.39 Å². The number of benzene rings is 2. The van der Waals surface area contributed by atoms with Gasteiger partial charge in [0.15, 0.2) is 5.78 Å². The summed E-state index contributed by atoms with van der Waals surface area (Å²) < 4.78 is 13.4. The molecule has 2 aromatic carbocycles. The Kier molecular flexibility index (Phi) is 5.92. The van der Waals surface area contributed by atoms with Crippen LogP contribution in [0.5, 0.6) is 0 Å². The average molecular weight is 390 g/mol. The summed E-state index contributed by atoms with van der Waals surface area (Å²) in [6, 6.07) is 13.8. The van der Waals surface area contributed by atoms with Gasteiger partial charge in [-0.3, -0.25) is 9.59 Å². The Labute approximate surface area is 162 Å². The van der Waals surface area contributed by atoms with Crippen LogP contribution in [0.15, 0.2) is 48.5 Å². The Hall–Kier alpha value is -2.24. The zero-order valence-electron chi connectivity index (χ0n) is 14.8. The molecule has 0 spiro atoms. The molecular weight excluding hydrogens is 369 g/mol. The second-order valence-electron chi connectivity index (χ2n) is 6.84. The SMILES string of the molecule is O=C(CCc1cc(F)cc(Cl)c1)[C@]1(O)CCN(CCc2ccccc2)C1=O. The summed E-state index contributed by atoms with van der Waals surface area (Å²) in [6.45, 7) is 0.803. The molecule has 1 amide bonds. The zero-order valence-corrected chi connectivity index (χ0v) is 15.6. The number of rotatable bonds is 7. The van der Waals surface area contributed by atoms with Crippen LogP contribution in [-0.2, 0) is 22.4 Å². The second kappa shape index (κ2) is 8.19. The molecule has 6 heteroatoms. The van der Waals surface area contributed by atoms with Crippen LogP contribution in [-0.4, -0.2) is 40.4 Å². The van der Waals surface area contributed by atoms with Gasteiger partial charge in [-0.2, -0.15) is 0 Å². The van der Waals surface area contributed by atoms with Gasteiger partial charge < -0.3 is 10.0 Å². The van der Waals surface area contributed by atoms with Crippen LogP contribution < -0.4 is 0 Å². The summed E-state index contributed by atoms with van der Waals surface area (Å²) in [5.74, 6) is -1.55. The maximum Gasteiger partial charge on any atom is 0.262 e. The van der Waals surface area contributed by atoms with Gasteiger partial charge in [0.1, 0.15) is 5.82 Å². The molecule has 1 atom stereocenters. The summed E-state index contributed by atoms with van der Waals surface area (Å²) in [5.41, 5.74) is -0.327. The quantitative estimate of drug-likeness (QED) is 0.740. The van der Waals surface area contributed by atoms with E-state index in [4.69, 9.17) is 11.6 Å². The zero-order chi connectivity index (χ0) is 19.4. The van der Waals surface area contributed by atoms with Crippen molar-refractivity contribution < 1.29 is 19.1 Å².